The van der Waals surface area contributed by atoms with E-state index in [-0.39, 0.29) is 24.0 Å². The van der Waals surface area contributed by atoms with Crippen molar-refractivity contribution < 1.29 is 0 Å². The summed E-state index contributed by atoms with van der Waals surface area (Å²) < 4.78 is 0. The first-order valence-electron chi connectivity index (χ1n) is 6.26. The first-order valence-corrected chi connectivity index (χ1v) is 7.14. The number of likely N-dealkylation sites (N-methyl/N-ethyl adjacent to an activating group) is 1. The predicted molar refractivity (Wildman–Crippen MR) is 90.2 cm³/mol. The van der Waals surface area contributed by atoms with Gasteiger partial charge in [0, 0.05) is 31.6 Å². The van der Waals surface area contributed by atoms with Crippen LogP contribution in [0, 0.1) is 0 Å². The Bertz CT molecular complexity index is 360. The topological polar surface area (TPSA) is 27.6 Å². The molecule has 1 aliphatic rings. The number of halogens is 1. The van der Waals surface area contributed by atoms with Crippen LogP contribution in [-0.4, -0.2) is 37.5 Å². The fraction of sp³-hybridized carbons (Fsp3) is 0.615. The van der Waals surface area contributed by atoms with Crippen molar-refractivity contribution in [1.29, 1.82) is 0 Å². The summed E-state index contributed by atoms with van der Waals surface area (Å²) in [6, 6.07) is 4.96. The van der Waals surface area contributed by atoms with E-state index < -0.39 is 0 Å². The molecule has 5 heteroatoms. The molecule has 1 aromatic heterocycles. The molecule has 1 aliphatic carbocycles. The zero-order valence-electron chi connectivity index (χ0n) is 11.1. The number of nitrogens with zero attached hydrogens (tertiary/aromatic N) is 2. The Morgan fingerprint density at radius 2 is 2.33 bits per heavy atom. The molecule has 0 radical (unpaired) electrons. The average molecular weight is 379 g/mol. The first kappa shape index (κ1) is 15.8. The van der Waals surface area contributed by atoms with Gasteiger partial charge >= 0.3 is 0 Å². The van der Waals surface area contributed by atoms with Crippen molar-refractivity contribution in [1.82, 2.24) is 10.2 Å². The monoisotopic (exact) mass is 379 g/mol. The summed E-state index contributed by atoms with van der Waals surface area (Å²) in [5.41, 5.74) is 0. The van der Waals surface area contributed by atoms with Gasteiger partial charge in [-0.25, -0.2) is 0 Å². The lowest BCUT2D eigenvalue weighted by Gasteiger charge is -2.31. The van der Waals surface area contributed by atoms with Crippen molar-refractivity contribution in [3.05, 3.63) is 22.4 Å². The number of aliphatic imine (C=N–C) groups is 1. The second-order valence-electron chi connectivity index (χ2n) is 4.57. The van der Waals surface area contributed by atoms with Crippen molar-refractivity contribution in [3.8, 4) is 0 Å². The second-order valence-corrected chi connectivity index (χ2v) is 5.60. The van der Waals surface area contributed by atoms with Gasteiger partial charge in [-0.1, -0.05) is 6.07 Å². The average Bonchev–Trinajstić information content (AvgIpc) is 2.77. The van der Waals surface area contributed by atoms with E-state index in [0.717, 1.165) is 18.9 Å². The highest BCUT2D eigenvalue weighted by molar-refractivity contribution is 14.0. The zero-order chi connectivity index (χ0) is 12.1. The SMILES string of the molecule is CN=C(NC1CCC1)N(C)CCc1cccs1.I. The molecular formula is C13H22IN3S. The van der Waals surface area contributed by atoms with Gasteiger partial charge in [0.1, 0.15) is 0 Å². The smallest absolute Gasteiger partial charge is 0.193 e. The highest BCUT2D eigenvalue weighted by Crippen LogP contribution is 2.18. The van der Waals surface area contributed by atoms with Crippen LogP contribution in [0.2, 0.25) is 0 Å². The minimum atomic E-state index is 0. The van der Waals surface area contributed by atoms with Crippen LogP contribution in [0.5, 0.6) is 0 Å². The van der Waals surface area contributed by atoms with E-state index in [9.17, 15) is 0 Å². The van der Waals surface area contributed by atoms with E-state index >= 15 is 0 Å². The normalized spacial score (nSPS) is 15.8. The molecule has 0 saturated heterocycles. The van der Waals surface area contributed by atoms with Gasteiger partial charge in [0.05, 0.1) is 0 Å². The minimum absolute atomic E-state index is 0. The Kier molecular flexibility index (Phi) is 6.99. The Morgan fingerprint density at radius 3 is 2.83 bits per heavy atom. The number of hydrogen-bond donors (Lipinski definition) is 1. The maximum absolute atomic E-state index is 4.34. The number of thiophene rings is 1. The van der Waals surface area contributed by atoms with Crippen LogP contribution in [0.15, 0.2) is 22.5 Å². The van der Waals surface area contributed by atoms with Gasteiger partial charge in [-0.05, 0) is 37.1 Å². The number of rotatable bonds is 4. The molecule has 3 nitrogen and oxygen atoms in total. The fourth-order valence-electron chi connectivity index (χ4n) is 1.92. The summed E-state index contributed by atoms with van der Waals surface area (Å²) >= 11 is 1.83. The molecule has 2 rings (SSSR count). The molecule has 0 spiro atoms. The molecule has 1 aromatic rings. The molecule has 0 aliphatic heterocycles. The van der Waals surface area contributed by atoms with Crippen LogP contribution < -0.4 is 5.32 Å². The fourth-order valence-corrected chi connectivity index (χ4v) is 2.62. The zero-order valence-corrected chi connectivity index (χ0v) is 14.2. The molecule has 1 saturated carbocycles. The van der Waals surface area contributed by atoms with Gasteiger partial charge in [-0.3, -0.25) is 4.99 Å². The van der Waals surface area contributed by atoms with Crippen LogP contribution in [0.1, 0.15) is 24.1 Å². The van der Waals surface area contributed by atoms with Gasteiger partial charge in [0.15, 0.2) is 5.96 Å². The minimum Gasteiger partial charge on any atom is -0.354 e. The van der Waals surface area contributed by atoms with Crippen LogP contribution in [0.25, 0.3) is 0 Å². The van der Waals surface area contributed by atoms with Crippen LogP contribution in [0.4, 0.5) is 0 Å². The Labute approximate surface area is 131 Å². The maximum atomic E-state index is 4.34. The third-order valence-corrected chi connectivity index (χ3v) is 4.22. The van der Waals surface area contributed by atoms with Crippen molar-refractivity contribution >= 4 is 41.3 Å². The van der Waals surface area contributed by atoms with Crippen molar-refractivity contribution in [2.75, 3.05) is 20.6 Å². The van der Waals surface area contributed by atoms with E-state index in [4.69, 9.17) is 0 Å². The first-order chi connectivity index (χ1) is 8.29. The standard InChI is InChI=1S/C13H21N3S.HI/c1-14-13(15-11-5-3-6-11)16(2)9-8-12-7-4-10-17-12;/h4,7,10-11H,3,5-6,8-9H2,1-2H3,(H,14,15);1H. The lowest BCUT2D eigenvalue weighted by atomic mass is 9.93. The second kappa shape index (κ2) is 7.99. The maximum Gasteiger partial charge on any atom is 0.193 e. The van der Waals surface area contributed by atoms with Crippen LogP contribution in [-0.2, 0) is 6.42 Å². The molecule has 0 unspecified atom stereocenters. The Morgan fingerprint density at radius 1 is 1.56 bits per heavy atom. The number of hydrogen-bond acceptors (Lipinski definition) is 2. The van der Waals surface area contributed by atoms with Crippen LogP contribution >= 0.6 is 35.3 Å². The highest BCUT2D eigenvalue weighted by atomic mass is 127. The molecule has 1 N–H and O–H groups in total. The molecule has 0 atom stereocenters. The third kappa shape index (κ3) is 4.42. The van der Waals surface area contributed by atoms with E-state index in [1.54, 1.807) is 0 Å². The highest BCUT2D eigenvalue weighted by Gasteiger charge is 2.19. The molecule has 0 aromatic carbocycles. The van der Waals surface area contributed by atoms with Gasteiger partial charge in [0.2, 0.25) is 0 Å². The van der Waals surface area contributed by atoms with Crippen molar-refractivity contribution in [2.24, 2.45) is 4.99 Å². The predicted octanol–water partition coefficient (Wildman–Crippen LogP) is 2.97. The Balaban J connectivity index is 0.00000162. The van der Waals surface area contributed by atoms with E-state index in [1.165, 1.54) is 24.1 Å². The summed E-state index contributed by atoms with van der Waals surface area (Å²) in [5.74, 6) is 1.03. The van der Waals surface area contributed by atoms with E-state index in [2.05, 4.69) is 39.8 Å². The lowest BCUT2D eigenvalue weighted by Crippen LogP contribution is -2.47. The number of nitrogens with one attached hydrogen (secondary N) is 1. The van der Waals surface area contributed by atoms with Gasteiger partial charge in [0.25, 0.3) is 0 Å². The third-order valence-electron chi connectivity index (χ3n) is 3.29. The summed E-state index contributed by atoms with van der Waals surface area (Å²) in [4.78, 5) is 8.01. The molecule has 0 amide bonds. The van der Waals surface area contributed by atoms with E-state index in [1.807, 2.05) is 18.4 Å². The summed E-state index contributed by atoms with van der Waals surface area (Å²) in [5, 5.41) is 5.65. The van der Waals surface area contributed by atoms with Gasteiger partial charge < -0.3 is 10.2 Å². The van der Waals surface area contributed by atoms with E-state index in [0.29, 0.717) is 6.04 Å². The molecule has 1 fully saturated rings. The molecule has 1 heterocycles. The summed E-state index contributed by atoms with van der Waals surface area (Å²) in [6.45, 7) is 1.02. The van der Waals surface area contributed by atoms with Crippen molar-refractivity contribution in [2.45, 2.75) is 31.7 Å². The Hall–Kier alpha value is -0.300. The molecule has 0 bridgehead atoms. The quantitative estimate of drug-likeness (QED) is 0.495. The molecule has 102 valence electrons. The van der Waals surface area contributed by atoms with Gasteiger partial charge in [-0.15, -0.1) is 35.3 Å². The largest absolute Gasteiger partial charge is 0.354 e. The van der Waals surface area contributed by atoms with Crippen LogP contribution in [0.3, 0.4) is 0 Å². The summed E-state index contributed by atoms with van der Waals surface area (Å²) in [7, 11) is 3.98. The summed E-state index contributed by atoms with van der Waals surface area (Å²) in [6.07, 6.45) is 5.03. The molecular weight excluding hydrogens is 357 g/mol. The van der Waals surface area contributed by atoms with Gasteiger partial charge in [-0.2, -0.15) is 0 Å². The number of guanidine groups is 1. The van der Waals surface area contributed by atoms with Crippen molar-refractivity contribution in [3.63, 3.8) is 0 Å². The molecule has 18 heavy (non-hydrogen) atoms. The lowest BCUT2D eigenvalue weighted by molar-refractivity contribution is 0.362.